The molecule has 1 amide bonds. The molecule has 3 heterocycles. The van der Waals surface area contributed by atoms with Crippen LogP contribution < -0.4 is 4.74 Å². The second-order valence-corrected chi connectivity index (χ2v) is 8.05. The minimum absolute atomic E-state index is 0.230. The molecule has 0 aliphatic carbocycles. The van der Waals surface area contributed by atoms with Gasteiger partial charge in [0, 0.05) is 54.8 Å². The number of hydrogen-bond acceptors (Lipinski definition) is 5. The molecule has 4 rings (SSSR count). The number of carbonyl (C=O) groups excluding carboxylic acids is 1. The smallest absolute Gasteiger partial charge is 0.222 e. The topological polar surface area (TPSA) is 68.2 Å². The molecule has 0 bridgehead atoms. The first-order valence-corrected chi connectivity index (χ1v) is 10.8. The van der Waals surface area contributed by atoms with Crippen molar-refractivity contribution < 1.29 is 9.53 Å². The Morgan fingerprint density at radius 1 is 1.06 bits per heavy atom. The van der Waals surface area contributed by atoms with E-state index in [1.807, 2.05) is 48.5 Å². The number of likely N-dealkylation sites (tertiary alicyclic amines) is 1. The lowest BCUT2D eigenvalue weighted by molar-refractivity contribution is -0.132. The zero-order chi connectivity index (χ0) is 21.6. The van der Waals surface area contributed by atoms with Gasteiger partial charge in [0.05, 0.1) is 7.11 Å². The highest BCUT2D eigenvalue weighted by molar-refractivity contribution is 5.76. The van der Waals surface area contributed by atoms with Crippen molar-refractivity contribution in [3.05, 3.63) is 72.1 Å². The van der Waals surface area contributed by atoms with Crippen LogP contribution in [-0.4, -0.2) is 46.0 Å². The van der Waals surface area contributed by atoms with E-state index in [1.54, 1.807) is 13.4 Å². The maximum absolute atomic E-state index is 12.7. The molecule has 0 N–H and O–H groups in total. The van der Waals surface area contributed by atoms with E-state index in [4.69, 9.17) is 9.72 Å². The van der Waals surface area contributed by atoms with Crippen molar-refractivity contribution in [2.45, 2.75) is 38.5 Å². The minimum atomic E-state index is 0.230. The number of rotatable bonds is 6. The summed E-state index contributed by atoms with van der Waals surface area (Å²) >= 11 is 0. The fourth-order valence-corrected chi connectivity index (χ4v) is 4.14. The number of ether oxygens (including phenoxy) is 1. The van der Waals surface area contributed by atoms with Gasteiger partial charge in [-0.25, -0.2) is 9.97 Å². The third-order valence-electron chi connectivity index (χ3n) is 5.92. The summed E-state index contributed by atoms with van der Waals surface area (Å²) in [5.41, 5.74) is 5.35. The summed E-state index contributed by atoms with van der Waals surface area (Å²) in [7, 11) is 1.66. The average Bonchev–Trinajstić information content (AvgIpc) is 2.83. The molecule has 1 saturated heterocycles. The summed E-state index contributed by atoms with van der Waals surface area (Å²) in [5.74, 6) is 1.44. The lowest BCUT2D eigenvalue weighted by Crippen LogP contribution is -2.38. The van der Waals surface area contributed by atoms with Gasteiger partial charge in [0.25, 0.3) is 0 Å². The van der Waals surface area contributed by atoms with Crippen molar-refractivity contribution >= 4 is 5.91 Å². The van der Waals surface area contributed by atoms with Gasteiger partial charge in [-0.15, -0.1) is 0 Å². The first-order valence-electron chi connectivity index (χ1n) is 10.8. The van der Waals surface area contributed by atoms with Gasteiger partial charge >= 0.3 is 0 Å². The largest absolute Gasteiger partial charge is 0.497 e. The third-order valence-corrected chi connectivity index (χ3v) is 5.92. The summed E-state index contributed by atoms with van der Waals surface area (Å²) in [4.78, 5) is 27.7. The number of aryl methyl sites for hydroxylation is 2. The molecule has 0 atom stereocenters. The molecule has 2 aromatic heterocycles. The van der Waals surface area contributed by atoms with Crippen molar-refractivity contribution in [1.82, 2.24) is 19.9 Å². The van der Waals surface area contributed by atoms with Crippen molar-refractivity contribution in [2.75, 3.05) is 20.2 Å². The van der Waals surface area contributed by atoms with Gasteiger partial charge in [0.2, 0.25) is 5.91 Å². The summed E-state index contributed by atoms with van der Waals surface area (Å²) in [6.45, 7) is 3.59. The SMILES string of the molecule is COc1ccc(CCC(=O)N2CCC(c3cc(-c4cncnc4)cc(C)n3)CC2)cc1. The van der Waals surface area contributed by atoms with Crippen LogP contribution >= 0.6 is 0 Å². The molecule has 1 fully saturated rings. The van der Waals surface area contributed by atoms with E-state index in [2.05, 4.69) is 22.1 Å². The van der Waals surface area contributed by atoms with Gasteiger partial charge < -0.3 is 9.64 Å². The molecule has 0 unspecified atom stereocenters. The minimum Gasteiger partial charge on any atom is -0.497 e. The summed E-state index contributed by atoms with van der Waals surface area (Å²) < 4.78 is 5.19. The molecule has 6 heteroatoms. The number of nitrogens with zero attached hydrogens (tertiary/aromatic N) is 4. The van der Waals surface area contributed by atoms with Gasteiger partial charge in [-0.05, 0) is 61.6 Å². The molecule has 0 saturated carbocycles. The second-order valence-electron chi connectivity index (χ2n) is 8.05. The first-order chi connectivity index (χ1) is 15.1. The fraction of sp³-hybridized carbons (Fsp3) is 0.360. The van der Waals surface area contributed by atoms with Crippen LogP contribution in [0.4, 0.5) is 0 Å². The average molecular weight is 417 g/mol. The summed E-state index contributed by atoms with van der Waals surface area (Å²) in [6, 6.07) is 12.2. The summed E-state index contributed by atoms with van der Waals surface area (Å²) in [5, 5.41) is 0. The molecule has 1 aliphatic rings. The Balaban J connectivity index is 1.34. The Bertz CT molecular complexity index is 1010. The lowest BCUT2D eigenvalue weighted by atomic mass is 9.91. The Labute approximate surface area is 183 Å². The quantitative estimate of drug-likeness (QED) is 0.603. The highest BCUT2D eigenvalue weighted by atomic mass is 16.5. The van der Waals surface area contributed by atoms with Crippen LogP contribution in [0.2, 0.25) is 0 Å². The van der Waals surface area contributed by atoms with E-state index < -0.39 is 0 Å². The first kappa shape index (κ1) is 21.0. The Morgan fingerprint density at radius 2 is 1.77 bits per heavy atom. The number of benzene rings is 1. The van der Waals surface area contributed by atoms with E-state index in [0.29, 0.717) is 12.3 Å². The Morgan fingerprint density at radius 3 is 2.45 bits per heavy atom. The monoisotopic (exact) mass is 416 g/mol. The molecule has 0 spiro atoms. The van der Waals surface area contributed by atoms with Gasteiger partial charge in [-0.1, -0.05) is 12.1 Å². The molecule has 160 valence electrons. The van der Waals surface area contributed by atoms with E-state index >= 15 is 0 Å². The normalized spacial score (nSPS) is 14.5. The van der Waals surface area contributed by atoms with E-state index in [1.165, 1.54) is 0 Å². The third kappa shape index (κ3) is 5.26. The number of aromatic nitrogens is 3. The number of methoxy groups -OCH3 is 1. The maximum atomic E-state index is 12.7. The molecule has 6 nitrogen and oxygen atoms in total. The molecule has 1 aromatic carbocycles. The molecule has 31 heavy (non-hydrogen) atoms. The number of pyridine rings is 1. The van der Waals surface area contributed by atoms with Crippen LogP contribution in [0.1, 0.15) is 42.1 Å². The van der Waals surface area contributed by atoms with E-state index in [0.717, 1.165) is 66.2 Å². The van der Waals surface area contributed by atoms with Crippen LogP contribution in [0.3, 0.4) is 0 Å². The van der Waals surface area contributed by atoms with E-state index in [-0.39, 0.29) is 5.91 Å². The number of carbonyl (C=O) groups is 1. The van der Waals surface area contributed by atoms with Crippen molar-refractivity contribution in [3.63, 3.8) is 0 Å². The molecular weight excluding hydrogens is 388 g/mol. The standard InChI is InChI=1S/C25H28N4O2/c1-18-13-21(22-15-26-17-27-16-22)14-24(28-18)20-9-11-29(12-10-20)25(30)8-5-19-3-6-23(31-2)7-4-19/h3-4,6-7,13-17,20H,5,8-12H2,1-2H3. The second kappa shape index (κ2) is 9.69. The van der Waals surface area contributed by atoms with Gasteiger partial charge in [-0.2, -0.15) is 0 Å². The molecule has 1 aliphatic heterocycles. The highest BCUT2D eigenvalue weighted by Crippen LogP contribution is 2.30. The molecule has 0 radical (unpaired) electrons. The van der Waals surface area contributed by atoms with Crippen molar-refractivity contribution in [3.8, 4) is 16.9 Å². The predicted molar refractivity (Wildman–Crippen MR) is 120 cm³/mol. The predicted octanol–water partition coefficient (Wildman–Crippen LogP) is 4.19. The van der Waals surface area contributed by atoms with Crippen molar-refractivity contribution in [2.24, 2.45) is 0 Å². The maximum Gasteiger partial charge on any atom is 0.222 e. The molecule has 3 aromatic rings. The van der Waals surface area contributed by atoms with Crippen LogP contribution in [-0.2, 0) is 11.2 Å². The Hall–Kier alpha value is -3.28. The van der Waals surface area contributed by atoms with Crippen LogP contribution in [0.5, 0.6) is 5.75 Å². The van der Waals surface area contributed by atoms with Crippen LogP contribution in [0, 0.1) is 6.92 Å². The van der Waals surface area contributed by atoms with Crippen LogP contribution in [0.25, 0.3) is 11.1 Å². The van der Waals surface area contributed by atoms with Crippen molar-refractivity contribution in [1.29, 1.82) is 0 Å². The zero-order valence-corrected chi connectivity index (χ0v) is 18.1. The Kier molecular flexibility index (Phi) is 6.55. The zero-order valence-electron chi connectivity index (χ0n) is 18.1. The number of amides is 1. The van der Waals surface area contributed by atoms with Crippen LogP contribution in [0.15, 0.2) is 55.1 Å². The molecular formula is C25H28N4O2. The van der Waals surface area contributed by atoms with Gasteiger partial charge in [0.15, 0.2) is 0 Å². The summed E-state index contributed by atoms with van der Waals surface area (Å²) in [6.07, 6.45) is 8.37. The number of piperidine rings is 1. The fourth-order valence-electron chi connectivity index (χ4n) is 4.14. The number of hydrogen-bond donors (Lipinski definition) is 0. The highest BCUT2D eigenvalue weighted by Gasteiger charge is 2.25. The van der Waals surface area contributed by atoms with E-state index in [9.17, 15) is 4.79 Å². The van der Waals surface area contributed by atoms with Gasteiger partial charge in [-0.3, -0.25) is 9.78 Å². The van der Waals surface area contributed by atoms with Gasteiger partial charge in [0.1, 0.15) is 12.1 Å². The lowest BCUT2D eigenvalue weighted by Gasteiger charge is -2.32.